The maximum Gasteiger partial charge on any atom is 0.0704 e. The Morgan fingerprint density at radius 1 is 0.543 bits per heavy atom. The smallest absolute Gasteiger partial charge is 0.0704 e. The lowest BCUT2D eigenvalue weighted by molar-refractivity contribution is 0.661. The molecule has 0 saturated carbocycles. The fourth-order valence-electron chi connectivity index (χ4n) is 6.16. The summed E-state index contributed by atoms with van der Waals surface area (Å²) in [7, 11) is 0. The highest BCUT2D eigenvalue weighted by Crippen LogP contribution is 2.52. The number of pyridine rings is 1. The summed E-state index contributed by atoms with van der Waals surface area (Å²) in [6.07, 6.45) is 1.91. The minimum Gasteiger partial charge on any atom is -0.256 e. The Morgan fingerprint density at radius 2 is 1.20 bits per heavy atom. The Labute approximate surface area is 206 Å². The van der Waals surface area contributed by atoms with Crippen molar-refractivity contribution < 1.29 is 0 Å². The summed E-state index contributed by atoms with van der Waals surface area (Å²) in [6, 6.07) is 31.8. The standard InChI is InChI=1S/C34H27N/c1-20-9-11-25-23-7-5-6-8-24(23)27-18-30-29-17-22(33-16-21(2)13-14-35-33)10-12-31(29)34(3,4)32(30)19-28(27)26(25)15-20/h5-19H,1-4H3. The van der Waals surface area contributed by atoms with Crippen LogP contribution in [0.1, 0.15) is 36.1 Å². The highest BCUT2D eigenvalue weighted by Gasteiger charge is 2.36. The van der Waals surface area contributed by atoms with E-state index in [2.05, 4.69) is 118 Å². The van der Waals surface area contributed by atoms with Crippen LogP contribution in [0.15, 0.2) is 91.1 Å². The maximum absolute atomic E-state index is 4.66. The van der Waals surface area contributed by atoms with Gasteiger partial charge in [0.1, 0.15) is 0 Å². The summed E-state index contributed by atoms with van der Waals surface area (Å²) >= 11 is 0. The summed E-state index contributed by atoms with van der Waals surface area (Å²) < 4.78 is 0. The van der Waals surface area contributed by atoms with E-state index in [0.29, 0.717) is 0 Å². The van der Waals surface area contributed by atoms with Crippen molar-refractivity contribution >= 4 is 32.3 Å². The van der Waals surface area contributed by atoms with Crippen molar-refractivity contribution in [2.24, 2.45) is 0 Å². The number of aromatic nitrogens is 1. The Bertz CT molecular complexity index is 1840. The largest absolute Gasteiger partial charge is 0.256 e. The van der Waals surface area contributed by atoms with Gasteiger partial charge < -0.3 is 0 Å². The van der Waals surface area contributed by atoms with E-state index < -0.39 is 0 Å². The number of aryl methyl sites for hydroxylation is 2. The predicted octanol–water partition coefficient (Wildman–Crippen LogP) is 9.13. The molecular weight excluding hydrogens is 422 g/mol. The highest BCUT2D eigenvalue weighted by atomic mass is 14.7. The molecule has 35 heavy (non-hydrogen) atoms. The predicted molar refractivity (Wildman–Crippen MR) is 149 cm³/mol. The summed E-state index contributed by atoms with van der Waals surface area (Å²) in [5.74, 6) is 0. The van der Waals surface area contributed by atoms with Gasteiger partial charge in [-0.05, 0) is 104 Å². The molecule has 1 heterocycles. The van der Waals surface area contributed by atoms with Gasteiger partial charge in [-0.1, -0.05) is 74.0 Å². The first kappa shape index (κ1) is 20.4. The van der Waals surface area contributed by atoms with Crippen LogP contribution in [0.4, 0.5) is 0 Å². The molecule has 0 spiro atoms. The van der Waals surface area contributed by atoms with Crippen molar-refractivity contribution in [3.05, 3.63) is 113 Å². The zero-order valence-corrected chi connectivity index (χ0v) is 20.6. The summed E-state index contributed by atoms with van der Waals surface area (Å²) in [6.45, 7) is 9.04. The Kier molecular flexibility index (Phi) is 4.09. The van der Waals surface area contributed by atoms with Crippen molar-refractivity contribution in [2.75, 3.05) is 0 Å². The molecule has 1 aromatic heterocycles. The molecule has 0 radical (unpaired) electrons. The molecular formula is C34H27N. The zero-order chi connectivity index (χ0) is 23.9. The van der Waals surface area contributed by atoms with Crippen molar-refractivity contribution in [1.82, 2.24) is 4.98 Å². The average molecular weight is 450 g/mol. The molecule has 0 fully saturated rings. The SMILES string of the molecule is Cc1ccnc(-c2ccc3c(c2)-c2cc4c5ccccc5c5ccc(C)cc5c4cc2C3(C)C)c1. The molecule has 7 rings (SSSR count). The number of rotatable bonds is 1. The van der Waals surface area contributed by atoms with Crippen molar-refractivity contribution in [3.63, 3.8) is 0 Å². The number of nitrogens with zero attached hydrogens (tertiary/aromatic N) is 1. The molecule has 168 valence electrons. The molecule has 0 atom stereocenters. The van der Waals surface area contributed by atoms with Gasteiger partial charge in [0.05, 0.1) is 5.69 Å². The minimum atomic E-state index is -0.0563. The highest BCUT2D eigenvalue weighted by molar-refractivity contribution is 6.26. The number of hydrogen-bond donors (Lipinski definition) is 0. The molecule has 0 bridgehead atoms. The van der Waals surface area contributed by atoms with Gasteiger partial charge in [0.15, 0.2) is 0 Å². The van der Waals surface area contributed by atoms with Gasteiger partial charge in [0, 0.05) is 17.2 Å². The van der Waals surface area contributed by atoms with E-state index in [0.717, 1.165) is 5.69 Å². The van der Waals surface area contributed by atoms with E-state index in [1.54, 1.807) is 0 Å². The molecule has 0 saturated heterocycles. The van der Waals surface area contributed by atoms with Gasteiger partial charge >= 0.3 is 0 Å². The fraction of sp³-hybridized carbons (Fsp3) is 0.147. The van der Waals surface area contributed by atoms with Gasteiger partial charge in [0.25, 0.3) is 0 Å². The Balaban J connectivity index is 1.59. The lowest BCUT2D eigenvalue weighted by Gasteiger charge is -2.22. The van der Waals surface area contributed by atoms with Gasteiger partial charge in [0.2, 0.25) is 0 Å². The summed E-state index contributed by atoms with van der Waals surface area (Å²) in [5, 5.41) is 8.01. The number of benzene rings is 5. The van der Waals surface area contributed by atoms with Crippen molar-refractivity contribution in [3.8, 4) is 22.4 Å². The van der Waals surface area contributed by atoms with E-state index in [-0.39, 0.29) is 5.41 Å². The first-order valence-corrected chi connectivity index (χ1v) is 12.4. The van der Waals surface area contributed by atoms with E-state index in [1.165, 1.54) is 71.3 Å². The lowest BCUT2D eigenvalue weighted by atomic mass is 9.81. The molecule has 1 heteroatoms. The van der Waals surface area contributed by atoms with E-state index in [4.69, 9.17) is 0 Å². The second-order valence-electron chi connectivity index (χ2n) is 10.6. The third-order valence-electron chi connectivity index (χ3n) is 8.00. The van der Waals surface area contributed by atoms with Crippen LogP contribution in [0.2, 0.25) is 0 Å². The molecule has 0 unspecified atom stereocenters. The van der Waals surface area contributed by atoms with Crippen LogP contribution < -0.4 is 0 Å². The van der Waals surface area contributed by atoms with Crippen LogP contribution in [0.3, 0.4) is 0 Å². The quantitative estimate of drug-likeness (QED) is 0.228. The van der Waals surface area contributed by atoms with E-state index >= 15 is 0 Å². The van der Waals surface area contributed by atoms with Crippen LogP contribution in [-0.2, 0) is 5.41 Å². The topological polar surface area (TPSA) is 12.9 Å². The lowest BCUT2D eigenvalue weighted by Crippen LogP contribution is -2.14. The first-order valence-electron chi connectivity index (χ1n) is 12.4. The normalized spacial score (nSPS) is 13.9. The zero-order valence-electron chi connectivity index (χ0n) is 20.6. The second-order valence-corrected chi connectivity index (χ2v) is 10.6. The van der Waals surface area contributed by atoms with Crippen molar-refractivity contribution in [1.29, 1.82) is 0 Å². The first-order chi connectivity index (χ1) is 16.9. The van der Waals surface area contributed by atoms with Crippen molar-refractivity contribution in [2.45, 2.75) is 33.1 Å². The summed E-state index contributed by atoms with van der Waals surface area (Å²) in [4.78, 5) is 4.66. The number of hydrogen-bond acceptors (Lipinski definition) is 1. The third-order valence-corrected chi connectivity index (χ3v) is 8.00. The molecule has 5 aromatic carbocycles. The molecule has 6 aromatic rings. The van der Waals surface area contributed by atoms with Crippen LogP contribution in [0.5, 0.6) is 0 Å². The second kappa shape index (κ2) is 7.02. The molecule has 1 nitrogen and oxygen atoms in total. The van der Waals surface area contributed by atoms with Crippen LogP contribution in [0, 0.1) is 13.8 Å². The molecule has 1 aliphatic rings. The van der Waals surface area contributed by atoms with Gasteiger partial charge in [-0.25, -0.2) is 0 Å². The summed E-state index contributed by atoms with van der Waals surface area (Å²) in [5.41, 5.74) is 10.2. The van der Waals surface area contributed by atoms with Crippen LogP contribution in [0.25, 0.3) is 54.7 Å². The fourth-order valence-corrected chi connectivity index (χ4v) is 6.16. The number of fused-ring (bicyclic) bond motifs is 9. The van der Waals surface area contributed by atoms with E-state index in [9.17, 15) is 0 Å². The molecule has 0 N–H and O–H groups in total. The van der Waals surface area contributed by atoms with Gasteiger partial charge in [-0.3, -0.25) is 4.98 Å². The average Bonchev–Trinajstić information content (AvgIpc) is 3.09. The van der Waals surface area contributed by atoms with Gasteiger partial charge in [-0.2, -0.15) is 0 Å². The third kappa shape index (κ3) is 2.85. The van der Waals surface area contributed by atoms with Crippen LogP contribution >= 0.6 is 0 Å². The van der Waals surface area contributed by atoms with E-state index in [1.807, 2.05) is 6.20 Å². The molecule has 0 amide bonds. The van der Waals surface area contributed by atoms with Gasteiger partial charge in [-0.15, -0.1) is 0 Å². The maximum atomic E-state index is 4.66. The molecule has 1 aliphatic carbocycles. The van der Waals surface area contributed by atoms with Crippen LogP contribution in [-0.4, -0.2) is 4.98 Å². The minimum absolute atomic E-state index is 0.0563. The Morgan fingerprint density at radius 3 is 2.00 bits per heavy atom. The monoisotopic (exact) mass is 449 g/mol. The Hall–Kier alpha value is -3.97. The molecule has 0 aliphatic heterocycles.